The lowest BCUT2D eigenvalue weighted by molar-refractivity contribution is -0.143. The minimum atomic E-state index is -0.0185. The lowest BCUT2D eigenvalue weighted by Gasteiger charge is -2.04. The Bertz CT molecular complexity index is 246. The Morgan fingerprint density at radius 3 is 1.95 bits per heavy atom. The van der Waals surface area contributed by atoms with Gasteiger partial charge in [-0.3, -0.25) is 4.79 Å². The van der Waals surface area contributed by atoms with Crippen LogP contribution in [0.2, 0.25) is 0 Å². The average Bonchev–Trinajstić information content (AvgIpc) is 2.49. The van der Waals surface area contributed by atoms with Crippen LogP contribution in [0.1, 0.15) is 97.3 Å². The maximum Gasteiger partial charge on any atom is 0.305 e. The van der Waals surface area contributed by atoms with Crippen molar-refractivity contribution in [1.82, 2.24) is 0 Å². The van der Waals surface area contributed by atoms with Crippen LogP contribution in [-0.2, 0) is 9.53 Å². The SMILES string of the molecule is CCCCCCC=CCCCCC(=O)OCCCCCC. The number of carbonyl (C=O) groups excluding carboxylic acids is 1. The number of unbranched alkanes of at least 4 members (excludes halogenated alkanes) is 9. The summed E-state index contributed by atoms with van der Waals surface area (Å²) in [7, 11) is 0. The van der Waals surface area contributed by atoms with Gasteiger partial charge in [0.05, 0.1) is 6.61 Å². The van der Waals surface area contributed by atoms with Gasteiger partial charge in [-0.1, -0.05) is 64.5 Å². The first kappa shape index (κ1) is 20.2. The molecule has 0 aliphatic rings. The molecule has 0 atom stereocenters. The molecule has 0 radical (unpaired) electrons. The summed E-state index contributed by atoms with van der Waals surface area (Å²) in [5.41, 5.74) is 0. The summed E-state index contributed by atoms with van der Waals surface area (Å²) >= 11 is 0. The highest BCUT2D eigenvalue weighted by molar-refractivity contribution is 5.69. The molecule has 0 saturated heterocycles. The van der Waals surface area contributed by atoms with Crippen LogP contribution in [0.15, 0.2) is 12.2 Å². The topological polar surface area (TPSA) is 26.3 Å². The van der Waals surface area contributed by atoms with E-state index in [1.807, 2.05) is 0 Å². The monoisotopic (exact) mass is 296 g/mol. The second kappa shape index (κ2) is 17.3. The predicted octanol–water partition coefficient (Wildman–Crippen LogP) is 6.20. The fourth-order valence-electron chi connectivity index (χ4n) is 2.24. The lowest BCUT2D eigenvalue weighted by Crippen LogP contribution is -2.05. The number of esters is 1. The highest BCUT2D eigenvalue weighted by Gasteiger charge is 2.01. The smallest absolute Gasteiger partial charge is 0.305 e. The van der Waals surface area contributed by atoms with Crippen LogP contribution in [-0.4, -0.2) is 12.6 Å². The maximum atomic E-state index is 11.5. The van der Waals surface area contributed by atoms with Crippen molar-refractivity contribution in [2.45, 2.75) is 97.3 Å². The van der Waals surface area contributed by atoms with E-state index in [9.17, 15) is 4.79 Å². The van der Waals surface area contributed by atoms with E-state index in [4.69, 9.17) is 4.74 Å². The molecule has 21 heavy (non-hydrogen) atoms. The quantitative estimate of drug-likeness (QED) is 0.204. The number of ether oxygens (including phenoxy) is 1. The second-order valence-electron chi connectivity index (χ2n) is 5.85. The Hall–Kier alpha value is -0.790. The number of rotatable bonds is 15. The zero-order valence-electron chi connectivity index (χ0n) is 14.4. The highest BCUT2D eigenvalue weighted by Crippen LogP contribution is 2.06. The molecule has 0 heterocycles. The third-order valence-corrected chi connectivity index (χ3v) is 3.65. The van der Waals surface area contributed by atoms with E-state index < -0.39 is 0 Å². The molecule has 0 spiro atoms. The molecule has 2 nitrogen and oxygen atoms in total. The predicted molar refractivity (Wildman–Crippen MR) is 91.5 cm³/mol. The molecule has 0 aromatic rings. The Kier molecular flexibility index (Phi) is 16.6. The molecule has 0 rings (SSSR count). The Balaban J connectivity index is 3.22. The maximum absolute atomic E-state index is 11.5. The molecule has 2 heteroatoms. The molecule has 0 aromatic carbocycles. The summed E-state index contributed by atoms with van der Waals surface area (Å²) in [5.74, 6) is -0.0185. The van der Waals surface area contributed by atoms with Crippen molar-refractivity contribution in [1.29, 1.82) is 0 Å². The highest BCUT2D eigenvalue weighted by atomic mass is 16.5. The molecule has 0 aromatic heterocycles. The Morgan fingerprint density at radius 2 is 1.33 bits per heavy atom. The third-order valence-electron chi connectivity index (χ3n) is 3.65. The van der Waals surface area contributed by atoms with Crippen LogP contribution < -0.4 is 0 Å². The molecule has 0 unspecified atom stereocenters. The van der Waals surface area contributed by atoms with E-state index in [1.165, 1.54) is 51.4 Å². The third kappa shape index (κ3) is 17.2. The van der Waals surface area contributed by atoms with Crippen LogP contribution in [0, 0.1) is 0 Å². The largest absolute Gasteiger partial charge is 0.466 e. The van der Waals surface area contributed by atoms with Gasteiger partial charge in [0.2, 0.25) is 0 Å². The minimum absolute atomic E-state index is 0.0185. The van der Waals surface area contributed by atoms with Crippen molar-refractivity contribution in [3.63, 3.8) is 0 Å². The number of allylic oxidation sites excluding steroid dienone is 2. The van der Waals surface area contributed by atoms with Crippen LogP contribution in [0.5, 0.6) is 0 Å². The molecule has 0 saturated carbocycles. The van der Waals surface area contributed by atoms with Gasteiger partial charge in [-0.2, -0.15) is 0 Å². The van der Waals surface area contributed by atoms with E-state index in [0.29, 0.717) is 13.0 Å². The van der Waals surface area contributed by atoms with E-state index in [1.54, 1.807) is 0 Å². The Labute approximate surface area is 132 Å². The first-order valence-electron chi connectivity index (χ1n) is 9.11. The van der Waals surface area contributed by atoms with Crippen molar-refractivity contribution in [2.75, 3.05) is 6.61 Å². The van der Waals surface area contributed by atoms with Crippen molar-refractivity contribution >= 4 is 5.97 Å². The zero-order valence-corrected chi connectivity index (χ0v) is 14.4. The molecule has 0 fully saturated rings. The van der Waals surface area contributed by atoms with Crippen LogP contribution in [0.4, 0.5) is 0 Å². The van der Waals surface area contributed by atoms with Crippen molar-refractivity contribution in [3.05, 3.63) is 12.2 Å². The average molecular weight is 296 g/mol. The number of hydrogen-bond acceptors (Lipinski definition) is 2. The normalized spacial score (nSPS) is 11.1. The molecule has 0 aliphatic carbocycles. The molecular weight excluding hydrogens is 260 g/mol. The summed E-state index contributed by atoms with van der Waals surface area (Å²) in [4.78, 5) is 11.5. The van der Waals surface area contributed by atoms with Crippen LogP contribution >= 0.6 is 0 Å². The summed E-state index contributed by atoms with van der Waals surface area (Å²) in [6.45, 7) is 5.04. The van der Waals surface area contributed by atoms with E-state index in [2.05, 4.69) is 26.0 Å². The van der Waals surface area contributed by atoms with Crippen LogP contribution in [0.3, 0.4) is 0 Å². The van der Waals surface area contributed by atoms with Crippen molar-refractivity contribution < 1.29 is 9.53 Å². The van der Waals surface area contributed by atoms with Gasteiger partial charge in [0.15, 0.2) is 0 Å². The first-order chi connectivity index (χ1) is 10.3. The summed E-state index contributed by atoms with van der Waals surface area (Å²) in [5, 5.41) is 0. The van der Waals surface area contributed by atoms with E-state index in [-0.39, 0.29) is 5.97 Å². The van der Waals surface area contributed by atoms with Gasteiger partial charge in [0.1, 0.15) is 0 Å². The van der Waals surface area contributed by atoms with E-state index in [0.717, 1.165) is 25.7 Å². The number of hydrogen-bond donors (Lipinski definition) is 0. The molecule has 0 amide bonds. The minimum Gasteiger partial charge on any atom is -0.466 e. The summed E-state index contributed by atoms with van der Waals surface area (Å²) in [6, 6.07) is 0. The van der Waals surface area contributed by atoms with Gasteiger partial charge in [-0.05, 0) is 38.5 Å². The molecule has 124 valence electrons. The first-order valence-corrected chi connectivity index (χ1v) is 9.11. The zero-order chi connectivity index (χ0) is 15.6. The van der Waals surface area contributed by atoms with Gasteiger partial charge < -0.3 is 4.74 Å². The second-order valence-corrected chi connectivity index (χ2v) is 5.85. The molecular formula is C19H36O2. The molecule has 0 bridgehead atoms. The summed E-state index contributed by atoms with van der Waals surface area (Å²) < 4.78 is 5.21. The van der Waals surface area contributed by atoms with Gasteiger partial charge in [0, 0.05) is 6.42 Å². The lowest BCUT2D eigenvalue weighted by atomic mass is 10.1. The van der Waals surface area contributed by atoms with Gasteiger partial charge >= 0.3 is 5.97 Å². The standard InChI is InChI=1S/C19H36O2/c1-3-5-7-9-10-11-12-13-14-15-17-19(20)21-18-16-8-6-4-2/h11-12H,3-10,13-18H2,1-2H3. The van der Waals surface area contributed by atoms with Crippen LogP contribution in [0.25, 0.3) is 0 Å². The van der Waals surface area contributed by atoms with Crippen molar-refractivity contribution in [3.8, 4) is 0 Å². The van der Waals surface area contributed by atoms with Gasteiger partial charge in [0.25, 0.3) is 0 Å². The van der Waals surface area contributed by atoms with Crippen molar-refractivity contribution in [2.24, 2.45) is 0 Å². The molecule has 0 N–H and O–H groups in total. The fraction of sp³-hybridized carbons (Fsp3) is 0.842. The fourth-order valence-corrected chi connectivity index (χ4v) is 2.24. The van der Waals surface area contributed by atoms with Gasteiger partial charge in [-0.15, -0.1) is 0 Å². The summed E-state index contributed by atoms with van der Waals surface area (Å²) in [6.07, 6.45) is 19.5. The molecule has 0 aliphatic heterocycles. The Morgan fingerprint density at radius 1 is 0.762 bits per heavy atom. The number of carbonyl (C=O) groups is 1. The van der Waals surface area contributed by atoms with E-state index >= 15 is 0 Å². The van der Waals surface area contributed by atoms with Gasteiger partial charge in [-0.25, -0.2) is 0 Å².